The Morgan fingerprint density at radius 1 is 1.23 bits per heavy atom. The van der Waals surface area contributed by atoms with Gasteiger partial charge in [0.2, 0.25) is 17.8 Å². The van der Waals surface area contributed by atoms with Crippen LogP contribution in [-0.2, 0) is 9.59 Å². The van der Waals surface area contributed by atoms with Gasteiger partial charge in [-0.3, -0.25) is 19.7 Å². The van der Waals surface area contributed by atoms with Crippen LogP contribution >= 0.6 is 0 Å². The number of carbonyl (C=O) groups is 3. The van der Waals surface area contributed by atoms with Gasteiger partial charge in [0, 0.05) is 11.3 Å². The second-order valence-corrected chi connectivity index (χ2v) is 6.79. The number of likely N-dealkylation sites (N-methyl/N-ethyl adjacent to an activating group) is 1. The molecule has 0 aromatic heterocycles. The molecule has 3 N–H and O–H groups in total. The molecule has 8 heteroatoms. The number of amides is 2. The molecule has 1 saturated heterocycles. The first-order chi connectivity index (χ1) is 12.4. The summed E-state index contributed by atoms with van der Waals surface area (Å²) in [5, 5.41) is 5.55. The van der Waals surface area contributed by atoms with Gasteiger partial charge in [-0.25, -0.2) is 4.99 Å². The fourth-order valence-corrected chi connectivity index (χ4v) is 3.00. The van der Waals surface area contributed by atoms with Crippen LogP contribution in [0.25, 0.3) is 0 Å². The molecule has 0 radical (unpaired) electrons. The Kier molecular flexibility index (Phi) is 5.32. The van der Waals surface area contributed by atoms with Crippen molar-refractivity contribution in [1.29, 1.82) is 0 Å². The van der Waals surface area contributed by atoms with Crippen molar-refractivity contribution in [3.63, 3.8) is 0 Å². The molecule has 0 bridgehead atoms. The highest BCUT2D eigenvalue weighted by Crippen LogP contribution is 2.13. The van der Waals surface area contributed by atoms with Crippen LogP contribution in [0.5, 0.6) is 0 Å². The molecule has 0 saturated carbocycles. The smallest absolute Gasteiger partial charge is 0.249 e. The summed E-state index contributed by atoms with van der Waals surface area (Å²) in [6, 6.07) is 5.91. The van der Waals surface area contributed by atoms with E-state index in [1.54, 1.807) is 24.3 Å². The summed E-state index contributed by atoms with van der Waals surface area (Å²) in [6.45, 7) is 5.02. The highest BCUT2D eigenvalue weighted by Gasteiger charge is 2.30. The first kappa shape index (κ1) is 18.1. The summed E-state index contributed by atoms with van der Waals surface area (Å²) in [6.07, 6.45) is 0.0276. The maximum atomic E-state index is 12.5. The number of guanidine groups is 1. The van der Waals surface area contributed by atoms with Crippen LogP contribution in [-0.4, -0.2) is 67.7 Å². The van der Waals surface area contributed by atoms with Crippen LogP contribution in [0, 0.1) is 0 Å². The van der Waals surface area contributed by atoms with E-state index in [-0.39, 0.29) is 24.0 Å². The minimum atomic E-state index is -0.752. The zero-order valence-electron chi connectivity index (χ0n) is 15.0. The number of aliphatic imine (C=N–C) groups is 1. The Balaban J connectivity index is 1.68. The summed E-state index contributed by atoms with van der Waals surface area (Å²) in [4.78, 5) is 43.8. The monoisotopic (exact) mass is 358 g/mol. The first-order valence-electron chi connectivity index (χ1n) is 8.78. The standard InChI is InChI=1S/C18H23N5O3/c1-12(24)13-3-5-14(6-4-13)19-17(26)15-11-16(25)21-18(20-15)23-9-7-22(2)8-10-23/h3-6,15H,7-11H2,1-2H3,(H,19,26)(H,20,21,25)/p+1/t15-/m0/s1. The third kappa shape index (κ3) is 4.26. The number of Topliss-reactive ketones (excluding diaryl/α,β-unsaturated/α-hetero) is 1. The summed E-state index contributed by atoms with van der Waals surface area (Å²) >= 11 is 0. The molecule has 3 rings (SSSR count). The predicted octanol–water partition coefficient (Wildman–Crippen LogP) is -1.10. The minimum absolute atomic E-state index is 0.0276. The fraction of sp³-hybridized carbons (Fsp3) is 0.444. The number of quaternary nitrogens is 1. The third-order valence-corrected chi connectivity index (χ3v) is 4.69. The van der Waals surface area contributed by atoms with E-state index < -0.39 is 6.04 Å². The van der Waals surface area contributed by atoms with Gasteiger partial charge in [-0.1, -0.05) is 0 Å². The molecule has 1 fully saturated rings. The van der Waals surface area contributed by atoms with Crippen molar-refractivity contribution in [3.8, 4) is 0 Å². The fourth-order valence-electron chi connectivity index (χ4n) is 3.00. The Morgan fingerprint density at radius 2 is 1.88 bits per heavy atom. The van der Waals surface area contributed by atoms with E-state index in [2.05, 4.69) is 22.7 Å². The number of ketones is 1. The van der Waals surface area contributed by atoms with E-state index in [9.17, 15) is 14.4 Å². The van der Waals surface area contributed by atoms with Gasteiger partial charge in [-0.2, -0.15) is 0 Å². The van der Waals surface area contributed by atoms with E-state index in [4.69, 9.17) is 0 Å². The summed E-state index contributed by atoms with van der Waals surface area (Å²) in [5.41, 5.74) is 1.16. The highest BCUT2D eigenvalue weighted by atomic mass is 16.2. The number of nitrogens with one attached hydrogen (secondary N) is 3. The van der Waals surface area contributed by atoms with Gasteiger partial charge in [0.25, 0.3) is 0 Å². The van der Waals surface area contributed by atoms with Crippen LogP contribution in [0.15, 0.2) is 29.3 Å². The van der Waals surface area contributed by atoms with Gasteiger partial charge in [-0.15, -0.1) is 0 Å². The van der Waals surface area contributed by atoms with Crippen molar-refractivity contribution in [2.75, 3.05) is 38.5 Å². The van der Waals surface area contributed by atoms with E-state index >= 15 is 0 Å². The third-order valence-electron chi connectivity index (χ3n) is 4.69. The molecule has 0 aliphatic carbocycles. The Morgan fingerprint density at radius 3 is 2.50 bits per heavy atom. The van der Waals surface area contributed by atoms with E-state index in [1.807, 2.05) is 4.90 Å². The Bertz CT molecular complexity index is 736. The molecule has 1 aromatic carbocycles. The topological polar surface area (TPSA) is 95.3 Å². The molecule has 8 nitrogen and oxygen atoms in total. The molecule has 138 valence electrons. The van der Waals surface area contributed by atoms with Gasteiger partial charge < -0.3 is 15.1 Å². The van der Waals surface area contributed by atoms with Crippen LogP contribution in [0.2, 0.25) is 0 Å². The van der Waals surface area contributed by atoms with E-state index in [0.717, 1.165) is 26.2 Å². The van der Waals surface area contributed by atoms with Crippen LogP contribution in [0.3, 0.4) is 0 Å². The van der Waals surface area contributed by atoms with Crippen molar-refractivity contribution in [1.82, 2.24) is 10.2 Å². The zero-order valence-corrected chi connectivity index (χ0v) is 15.0. The molecule has 2 heterocycles. The van der Waals surface area contributed by atoms with Crippen LogP contribution < -0.4 is 15.5 Å². The molecule has 2 amide bonds. The normalized spacial score (nSPS) is 21.0. The minimum Gasteiger partial charge on any atom is -0.334 e. The van der Waals surface area contributed by atoms with Gasteiger partial charge in [0.15, 0.2) is 5.78 Å². The van der Waals surface area contributed by atoms with Crippen molar-refractivity contribution in [2.24, 2.45) is 4.99 Å². The predicted molar refractivity (Wildman–Crippen MR) is 97.3 cm³/mol. The summed E-state index contributed by atoms with van der Waals surface area (Å²) < 4.78 is 0. The lowest BCUT2D eigenvalue weighted by Gasteiger charge is -2.34. The van der Waals surface area contributed by atoms with E-state index in [1.165, 1.54) is 11.8 Å². The molecular weight excluding hydrogens is 334 g/mol. The molecule has 0 unspecified atom stereocenters. The van der Waals surface area contributed by atoms with Crippen molar-refractivity contribution in [2.45, 2.75) is 19.4 Å². The second-order valence-electron chi connectivity index (χ2n) is 6.79. The van der Waals surface area contributed by atoms with Gasteiger partial charge in [0.05, 0.1) is 39.6 Å². The SMILES string of the molecule is CC(=O)c1ccc(NC(=O)[C@@H]2CC(=O)NC(N3CC[NH+](C)CC3)=N2)cc1. The Hall–Kier alpha value is -2.74. The van der Waals surface area contributed by atoms with Crippen LogP contribution in [0.4, 0.5) is 5.69 Å². The molecule has 1 atom stereocenters. The Labute approximate surface area is 152 Å². The number of hydrogen-bond donors (Lipinski definition) is 3. The first-order valence-corrected chi connectivity index (χ1v) is 8.78. The number of nitrogens with zero attached hydrogens (tertiary/aromatic N) is 2. The second kappa shape index (κ2) is 7.65. The average Bonchev–Trinajstić information content (AvgIpc) is 2.62. The average molecular weight is 358 g/mol. The van der Waals surface area contributed by atoms with Crippen LogP contribution in [0.1, 0.15) is 23.7 Å². The lowest BCUT2D eigenvalue weighted by atomic mass is 10.1. The number of piperazine rings is 1. The maximum Gasteiger partial charge on any atom is 0.249 e. The number of carbonyl (C=O) groups excluding carboxylic acids is 3. The van der Waals surface area contributed by atoms with E-state index in [0.29, 0.717) is 17.2 Å². The van der Waals surface area contributed by atoms with Gasteiger partial charge in [0.1, 0.15) is 6.04 Å². The number of benzene rings is 1. The summed E-state index contributed by atoms with van der Waals surface area (Å²) in [7, 11) is 2.13. The lowest BCUT2D eigenvalue weighted by Crippen LogP contribution is -3.12. The van der Waals surface area contributed by atoms with Crippen molar-refractivity contribution < 1.29 is 19.3 Å². The summed E-state index contributed by atoms with van der Waals surface area (Å²) in [5.74, 6) is -0.0723. The quantitative estimate of drug-likeness (QED) is 0.598. The van der Waals surface area contributed by atoms with Crippen molar-refractivity contribution >= 4 is 29.2 Å². The highest BCUT2D eigenvalue weighted by molar-refractivity contribution is 6.06. The molecule has 2 aliphatic rings. The number of rotatable bonds is 3. The number of hydrogen-bond acceptors (Lipinski definition) is 5. The van der Waals surface area contributed by atoms with Gasteiger partial charge >= 0.3 is 0 Å². The molecule has 2 aliphatic heterocycles. The zero-order chi connectivity index (χ0) is 18.7. The molecule has 0 spiro atoms. The maximum absolute atomic E-state index is 12.5. The largest absolute Gasteiger partial charge is 0.334 e. The lowest BCUT2D eigenvalue weighted by molar-refractivity contribution is -0.883. The van der Waals surface area contributed by atoms with Crippen molar-refractivity contribution in [3.05, 3.63) is 29.8 Å². The van der Waals surface area contributed by atoms with Gasteiger partial charge in [-0.05, 0) is 31.2 Å². The number of anilines is 1. The molecule has 26 heavy (non-hydrogen) atoms. The molecule has 1 aromatic rings. The molecular formula is C18H24N5O3+.